The van der Waals surface area contributed by atoms with Crippen LogP contribution in [0.3, 0.4) is 0 Å². The quantitative estimate of drug-likeness (QED) is 0.858. The van der Waals surface area contributed by atoms with Crippen LogP contribution in [-0.2, 0) is 11.3 Å². The van der Waals surface area contributed by atoms with Crippen molar-refractivity contribution in [3.05, 3.63) is 35.4 Å². The highest BCUT2D eigenvalue weighted by Gasteiger charge is 2.13. The predicted molar refractivity (Wildman–Crippen MR) is 87.8 cm³/mol. The van der Waals surface area contributed by atoms with Crippen LogP contribution in [0.1, 0.15) is 20.3 Å². The zero-order valence-electron chi connectivity index (χ0n) is 12.7. The number of nitrogens with zero attached hydrogens (tertiary/aromatic N) is 2. The minimum absolute atomic E-state index is 0.0468. The van der Waals surface area contributed by atoms with Crippen molar-refractivity contribution in [3.8, 4) is 11.3 Å². The molecule has 0 bridgehead atoms. The standard InChI is InChI=1S/C16H20ClN3O2/c1-11(2)9-16(22)18-15-10-14(19-20(15)7-8-21)12-3-5-13(17)6-4-12/h3-6,10-11,21H,7-9H2,1-2H3,(H,18,22). The monoisotopic (exact) mass is 321 g/mol. The Bertz CT molecular complexity index is 635. The Balaban J connectivity index is 2.25. The molecule has 0 saturated heterocycles. The summed E-state index contributed by atoms with van der Waals surface area (Å²) in [5.41, 5.74) is 1.63. The molecule has 1 aromatic heterocycles. The molecule has 118 valence electrons. The van der Waals surface area contributed by atoms with Gasteiger partial charge in [0.15, 0.2) is 0 Å². The highest BCUT2D eigenvalue weighted by atomic mass is 35.5. The van der Waals surface area contributed by atoms with Gasteiger partial charge in [-0.1, -0.05) is 37.6 Å². The lowest BCUT2D eigenvalue weighted by atomic mass is 10.1. The van der Waals surface area contributed by atoms with Crippen molar-refractivity contribution >= 4 is 23.3 Å². The van der Waals surface area contributed by atoms with Crippen LogP contribution < -0.4 is 5.32 Å². The van der Waals surface area contributed by atoms with E-state index < -0.39 is 0 Å². The minimum atomic E-state index is -0.0586. The molecule has 0 aliphatic rings. The van der Waals surface area contributed by atoms with E-state index in [1.807, 2.05) is 26.0 Å². The molecule has 0 fully saturated rings. The molecule has 5 nitrogen and oxygen atoms in total. The fraction of sp³-hybridized carbons (Fsp3) is 0.375. The van der Waals surface area contributed by atoms with Gasteiger partial charge in [0.2, 0.25) is 5.91 Å². The Morgan fingerprint density at radius 1 is 1.36 bits per heavy atom. The number of nitrogens with one attached hydrogen (secondary N) is 1. The van der Waals surface area contributed by atoms with Crippen molar-refractivity contribution in [2.24, 2.45) is 5.92 Å². The molecular formula is C16H20ClN3O2. The van der Waals surface area contributed by atoms with Gasteiger partial charge < -0.3 is 10.4 Å². The lowest BCUT2D eigenvalue weighted by Crippen LogP contribution is -2.17. The molecule has 1 heterocycles. The minimum Gasteiger partial charge on any atom is -0.394 e. The number of benzene rings is 1. The molecule has 0 aliphatic heterocycles. The maximum atomic E-state index is 11.9. The van der Waals surface area contributed by atoms with E-state index in [0.717, 1.165) is 11.3 Å². The summed E-state index contributed by atoms with van der Waals surface area (Å²) in [6.45, 7) is 4.26. The normalized spacial score (nSPS) is 11.0. The van der Waals surface area contributed by atoms with Gasteiger partial charge in [-0.05, 0) is 18.1 Å². The first-order chi connectivity index (χ1) is 10.5. The fourth-order valence-electron chi connectivity index (χ4n) is 2.11. The third kappa shape index (κ3) is 4.32. The Morgan fingerprint density at radius 3 is 2.64 bits per heavy atom. The Kier molecular flexibility index (Phi) is 5.57. The van der Waals surface area contributed by atoms with Gasteiger partial charge in [-0.15, -0.1) is 0 Å². The zero-order valence-corrected chi connectivity index (χ0v) is 13.5. The van der Waals surface area contributed by atoms with E-state index in [1.54, 1.807) is 22.9 Å². The smallest absolute Gasteiger partial charge is 0.225 e. The number of carbonyl (C=O) groups is 1. The SMILES string of the molecule is CC(C)CC(=O)Nc1cc(-c2ccc(Cl)cc2)nn1CCO. The second kappa shape index (κ2) is 7.42. The van der Waals surface area contributed by atoms with Gasteiger partial charge in [-0.25, -0.2) is 4.68 Å². The summed E-state index contributed by atoms with van der Waals surface area (Å²) in [6, 6.07) is 9.12. The van der Waals surface area contributed by atoms with Crippen LogP contribution in [0, 0.1) is 5.92 Å². The van der Waals surface area contributed by atoms with Crippen LogP contribution in [0.15, 0.2) is 30.3 Å². The second-order valence-corrected chi connectivity index (χ2v) is 5.95. The van der Waals surface area contributed by atoms with Gasteiger partial charge in [0.05, 0.1) is 18.8 Å². The van der Waals surface area contributed by atoms with Gasteiger partial charge in [0.25, 0.3) is 0 Å². The van der Waals surface area contributed by atoms with Gasteiger partial charge in [-0.3, -0.25) is 4.79 Å². The average Bonchev–Trinajstić information content (AvgIpc) is 2.82. The summed E-state index contributed by atoms with van der Waals surface area (Å²) in [5, 5.41) is 17.1. The van der Waals surface area contributed by atoms with E-state index in [4.69, 9.17) is 16.7 Å². The Labute approximate surface area is 134 Å². The molecule has 2 N–H and O–H groups in total. The van der Waals surface area contributed by atoms with Gasteiger partial charge in [0.1, 0.15) is 5.82 Å². The molecule has 22 heavy (non-hydrogen) atoms. The summed E-state index contributed by atoms with van der Waals surface area (Å²) >= 11 is 5.89. The van der Waals surface area contributed by atoms with E-state index in [0.29, 0.717) is 23.8 Å². The second-order valence-electron chi connectivity index (χ2n) is 5.51. The van der Waals surface area contributed by atoms with E-state index in [9.17, 15) is 4.79 Å². The summed E-state index contributed by atoms with van der Waals surface area (Å²) in [4.78, 5) is 11.9. The first-order valence-electron chi connectivity index (χ1n) is 7.24. The Morgan fingerprint density at radius 2 is 2.05 bits per heavy atom. The van der Waals surface area contributed by atoms with Crippen LogP contribution >= 0.6 is 11.6 Å². The number of amides is 1. The number of halogens is 1. The topological polar surface area (TPSA) is 67.2 Å². The molecule has 6 heteroatoms. The molecule has 2 rings (SSSR count). The molecule has 1 amide bonds. The number of anilines is 1. The summed E-state index contributed by atoms with van der Waals surface area (Å²) in [5.74, 6) is 0.811. The van der Waals surface area contributed by atoms with Crippen LogP contribution in [0.4, 0.5) is 5.82 Å². The number of aliphatic hydroxyl groups is 1. The number of aliphatic hydroxyl groups excluding tert-OH is 1. The van der Waals surface area contributed by atoms with Gasteiger partial charge in [0, 0.05) is 23.1 Å². The summed E-state index contributed by atoms with van der Waals surface area (Å²) in [6.07, 6.45) is 0.445. The predicted octanol–water partition coefficient (Wildman–Crippen LogP) is 3.18. The van der Waals surface area contributed by atoms with E-state index >= 15 is 0 Å². The van der Waals surface area contributed by atoms with Crippen molar-refractivity contribution < 1.29 is 9.90 Å². The maximum absolute atomic E-state index is 11.9. The third-order valence-electron chi connectivity index (χ3n) is 3.09. The number of rotatable bonds is 6. The molecule has 0 aliphatic carbocycles. The number of hydrogen-bond donors (Lipinski definition) is 2. The van der Waals surface area contributed by atoms with Crippen molar-refractivity contribution in [2.45, 2.75) is 26.8 Å². The maximum Gasteiger partial charge on any atom is 0.225 e. The first kappa shape index (κ1) is 16.5. The van der Waals surface area contributed by atoms with Crippen molar-refractivity contribution in [1.82, 2.24) is 9.78 Å². The molecular weight excluding hydrogens is 302 g/mol. The number of carbonyl (C=O) groups excluding carboxylic acids is 1. The highest BCUT2D eigenvalue weighted by molar-refractivity contribution is 6.30. The van der Waals surface area contributed by atoms with Crippen LogP contribution in [0.5, 0.6) is 0 Å². The highest BCUT2D eigenvalue weighted by Crippen LogP contribution is 2.24. The number of aromatic nitrogens is 2. The van der Waals surface area contributed by atoms with Gasteiger partial charge in [-0.2, -0.15) is 5.10 Å². The molecule has 0 unspecified atom stereocenters. The fourth-order valence-corrected chi connectivity index (χ4v) is 2.23. The summed E-state index contributed by atoms with van der Waals surface area (Å²) in [7, 11) is 0. The summed E-state index contributed by atoms with van der Waals surface area (Å²) < 4.78 is 1.60. The van der Waals surface area contributed by atoms with E-state index in [2.05, 4.69) is 10.4 Å². The molecule has 0 saturated carbocycles. The number of hydrogen-bond acceptors (Lipinski definition) is 3. The molecule has 0 atom stereocenters. The van der Waals surface area contributed by atoms with Crippen molar-refractivity contribution in [1.29, 1.82) is 0 Å². The average molecular weight is 322 g/mol. The molecule has 1 aromatic carbocycles. The van der Waals surface area contributed by atoms with E-state index in [1.165, 1.54) is 0 Å². The van der Waals surface area contributed by atoms with Crippen LogP contribution in [-0.4, -0.2) is 27.4 Å². The molecule has 0 radical (unpaired) electrons. The van der Waals surface area contributed by atoms with Crippen LogP contribution in [0.2, 0.25) is 5.02 Å². The van der Waals surface area contributed by atoms with Crippen LogP contribution in [0.25, 0.3) is 11.3 Å². The molecule has 2 aromatic rings. The third-order valence-corrected chi connectivity index (χ3v) is 3.34. The first-order valence-corrected chi connectivity index (χ1v) is 7.62. The van der Waals surface area contributed by atoms with Crippen molar-refractivity contribution in [2.75, 3.05) is 11.9 Å². The lowest BCUT2D eigenvalue weighted by molar-refractivity contribution is -0.116. The van der Waals surface area contributed by atoms with Gasteiger partial charge >= 0.3 is 0 Å². The van der Waals surface area contributed by atoms with Crippen molar-refractivity contribution in [3.63, 3.8) is 0 Å². The Hall–Kier alpha value is -1.85. The largest absolute Gasteiger partial charge is 0.394 e. The lowest BCUT2D eigenvalue weighted by Gasteiger charge is -2.08. The van der Waals surface area contributed by atoms with E-state index in [-0.39, 0.29) is 18.4 Å². The zero-order chi connectivity index (χ0) is 16.1. The molecule has 0 spiro atoms.